The van der Waals surface area contributed by atoms with Gasteiger partial charge in [-0.25, -0.2) is 0 Å². The van der Waals surface area contributed by atoms with Gasteiger partial charge in [0, 0.05) is 11.9 Å². The van der Waals surface area contributed by atoms with Crippen LogP contribution in [-0.4, -0.2) is 18.5 Å². The predicted molar refractivity (Wildman–Crippen MR) is 43.0 cm³/mol. The fourth-order valence-electron chi connectivity index (χ4n) is 0.518. The van der Waals surface area contributed by atoms with Gasteiger partial charge in [0.15, 0.2) is 0 Å². The molecule has 2 heteroatoms. The first kappa shape index (κ1) is 9.25. The molecule has 0 amide bonds. The van der Waals surface area contributed by atoms with Gasteiger partial charge in [-0.15, -0.1) is 11.6 Å². The van der Waals surface area contributed by atoms with Crippen LogP contribution in [0.3, 0.4) is 0 Å². The first-order valence-electron chi connectivity index (χ1n) is 3.53. The second-order valence-electron chi connectivity index (χ2n) is 2.57. The van der Waals surface area contributed by atoms with Gasteiger partial charge in [-0.2, -0.15) is 0 Å². The van der Waals surface area contributed by atoms with E-state index in [9.17, 15) is 0 Å². The molecule has 1 N–H and O–H groups in total. The molecule has 0 spiro atoms. The zero-order chi connectivity index (χ0) is 7.28. The maximum absolute atomic E-state index is 5.93. The lowest BCUT2D eigenvalue weighted by Gasteiger charge is -2.12. The van der Waals surface area contributed by atoms with E-state index in [-0.39, 0.29) is 5.38 Å². The second kappa shape index (κ2) is 5.07. The highest BCUT2D eigenvalue weighted by Gasteiger charge is 2.06. The molecular weight excluding hydrogens is 134 g/mol. The molecule has 0 aromatic heterocycles. The minimum absolute atomic E-state index is 0.282. The fourth-order valence-corrected chi connectivity index (χ4v) is 0.627. The molecule has 0 aromatic carbocycles. The Hall–Kier alpha value is 0.250. The van der Waals surface area contributed by atoms with Crippen molar-refractivity contribution in [2.45, 2.75) is 26.1 Å². The standard InChI is InChI=1S/C7H16ClN/c1-4-9-5-7(8)6(2)3/h6-7,9H,4-5H2,1-3H3. The van der Waals surface area contributed by atoms with Gasteiger partial charge in [0.25, 0.3) is 0 Å². The number of hydrogen-bond acceptors (Lipinski definition) is 1. The van der Waals surface area contributed by atoms with Crippen molar-refractivity contribution >= 4 is 11.6 Å². The Bertz CT molecular complexity index is 63.9. The smallest absolute Gasteiger partial charge is 0.0483 e. The first-order chi connectivity index (χ1) is 4.18. The number of rotatable bonds is 4. The minimum Gasteiger partial charge on any atom is -0.316 e. The molecule has 0 saturated heterocycles. The summed E-state index contributed by atoms with van der Waals surface area (Å²) in [6, 6.07) is 0. The molecule has 0 radical (unpaired) electrons. The van der Waals surface area contributed by atoms with Gasteiger partial charge in [0.2, 0.25) is 0 Å². The Morgan fingerprint density at radius 2 is 2.00 bits per heavy atom. The molecular formula is C7H16ClN. The van der Waals surface area contributed by atoms with E-state index in [0.717, 1.165) is 13.1 Å². The van der Waals surface area contributed by atoms with Crippen LogP contribution in [-0.2, 0) is 0 Å². The van der Waals surface area contributed by atoms with E-state index in [4.69, 9.17) is 11.6 Å². The highest BCUT2D eigenvalue weighted by molar-refractivity contribution is 6.20. The summed E-state index contributed by atoms with van der Waals surface area (Å²) >= 11 is 5.93. The van der Waals surface area contributed by atoms with Crippen LogP contribution in [0.5, 0.6) is 0 Å². The molecule has 9 heavy (non-hydrogen) atoms. The molecule has 0 aliphatic carbocycles. The normalized spacial score (nSPS) is 14.3. The summed E-state index contributed by atoms with van der Waals surface area (Å²) in [4.78, 5) is 0. The highest BCUT2D eigenvalue weighted by Crippen LogP contribution is 2.06. The second-order valence-corrected chi connectivity index (χ2v) is 3.13. The molecule has 0 aromatic rings. The quantitative estimate of drug-likeness (QED) is 0.602. The Kier molecular flexibility index (Phi) is 5.21. The summed E-state index contributed by atoms with van der Waals surface area (Å²) < 4.78 is 0. The summed E-state index contributed by atoms with van der Waals surface area (Å²) in [7, 11) is 0. The maximum Gasteiger partial charge on any atom is 0.0483 e. The highest BCUT2D eigenvalue weighted by atomic mass is 35.5. The molecule has 0 rings (SSSR count). The van der Waals surface area contributed by atoms with Crippen molar-refractivity contribution in [2.24, 2.45) is 5.92 Å². The molecule has 56 valence electrons. The van der Waals surface area contributed by atoms with Crippen LogP contribution in [0.2, 0.25) is 0 Å². The molecule has 0 fully saturated rings. The van der Waals surface area contributed by atoms with Crippen LogP contribution in [0.25, 0.3) is 0 Å². The largest absolute Gasteiger partial charge is 0.316 e. The van der Waals surface area contributed by atoms with Crippen molar-refractivity contribution in [1.82, 2.24) is 5.32 Å². The first-order valence-corrected chi connectivity index (χ1v) is 3.97. The van der Waals surface area contributed by atoms with Crippen molar-refractivity contribution in [2.75, 3.05) is 13.1 Å². The lowest BCUT2D eigenvalue weighted by molar-refractivity contribution is 0.555. The predicted octanol–water partition coefficient (Wildman–Crippen LogP) is 1.86. The Balaban J connectivity index is 3.16. The van der Waals surface area contributed by atoms with Crippen molar-refractivity contribution in [3.63, 3.8) is 0 Å². The zero-order valence-electron chi connectivity index (χ0n) is 6.45. The van der Waals surface area contributed by atoms with Gasteiger partial charge >= 0.3 is 0 Å². The summed E-state index contributed by atoms with van der Waals surface area (Å²) in [5, 5.41) is 3.48. The van der Waals surface area contributed by atoms with Crippen molar-refractivity contribution in [1.29, 1.82) is 0 Å². The number of alkyl halides is 1. The Morgan fingerprint density at radius 1 is 1.44 bits per heavy atom. The van der Waals surface area contributed by atoms with Crippen LogP contribution in [0, 0.1) is 5.92 Å². The van der Waals surface area contributed by atoms with Crippen molar-refractivity contribution in [3.05, 3.63) is 0 Å². The molecule has 1 atom stereocenters. The van der Waals surface area contributed by atoms with E-state index in [0.29, 0.717) is 5.92 Å². The number of hydrogen-bond donors (Lipinski definition) is 1. The van der Waals surface area contributed by atoms with E-state index >= 15 is 0 Å². The third kappa shape index (κ3) is 4.73. The molecule has 0 aliphatic heterocycles. The molecule has 1 nitrogen and oxygen atoms in total. The topological polar surface area (TPSA) is 12.0 Å². The molecule has 0 bridgehead atoms. The Labute approximate surface area is 62.8 Å². The molecule has 0 heterocycles. The number of nitrogens with one attached hydrogen (secondary N) is 1. The van der Waals surface area contributed by atoms with Crippen LogP contribution < -0.4 is 5.32 Å². The average Bonchev–Trinajstić information content (AvgIpc) is 1.82. The lowest BCUT2D eigenvalue weighted by Crippen LogP contribution is -2.26. The molecule has 0 saturated carbocycles. The SMILES string of the molecule is CCNCC(Cl)C(C)C. The van der Waals surface area contributed by atoms with Crippen molar-refractivity contribution < 1.29 is 0 Å². The monoisotopic (exact) mass is 149 g/mol. The van der Waals surface area contributed by atoms with Gasteiger partial charge in [0.1, 0.15) is 0 Å². The van der Waals surface area contributed by atoms with E-state index in [1.165, 1.54) is 0 Å². The van der Waals surface area contributed by atoms with Gasteiger partial charge in [0.05, 0.1) is 0 Å². The lowest BCUT2D eigenvalue weighted by atomic mass is 10.1. The van der Waals surface area contributed by atoms with Gasteiger partial charge in [-0.1, -0.05) is 20.8 Å². The molecule has 0 aliphatic rings. The summed E-state index contributed by atoms with van der Waals surface area (Å²) in [5.74, 6) is 0.575. The van der Waals surface area contributed by atoms with E-state index in [1.807, 2.05) is 0 Å². The third-order valence-corrected chi connectivity index (χ3v) is 1.97. The summed E-state index contributed by atoms with van der Waals surface area (Å²) in [6.07, 6.45) is 0. The van der Waals surface area contributed by atoms with E-state index in [2.05, 4.69) is 26.1 Å². The minimum atomic E-state index is 0.282. The number of halogens is 1. The van der Waals surface area contributed by atoms with Gasteiger partial charge < -0.3 is 5.32 Å². The van der Waals surface area contributed by atoms with E-state index < -0.39 is 0 Å². The van der Waals surface area contributed by atoms with Crippen LogP contribution >= 0.6 is 11.6 Å². The zero-order valence-corrected chi connectivity index (χ0v) is 7.20. The molecule has 1 unspecified atom stereocenters. The van der Waals surface area contributed by atoms with E-state index in [1.54, 1.807) is 0 Å². The van der Waals surface area contributed by atoms with Gasteiger partial charge in [-0.05, 0) is 12.5 Å². The average molecular weight is 150 g/mol. The van der Waals surface area contributed by atoms with Crippen LogP contribution in [0.15, 0.2) is 0 Å². The van der Waals surface area contributed by atoms with Gasteiger partial charge in [-0.3, -0.25) is 0 Å². The van der Waals surface area contributed by atoms with Crippen molar-refractivity contribution in [3.8, 4) is 0 Å². The fraction of sp³-hybridized carbons (Fsp3) is 1.00. The Morgan fingerprint density at radius 3 is 2.33 bits per heavy atom. The maximum atomic E-state index is 5.93. The summed E-state index contributed by atoms with van der Waals surface area (Å²) in [6.45, 7) is 8.29. The summed E-state index contributed by atoms with van der Waals surface area (Å²) in [5.41, 5.74) is 0. The van der Waals surface area contributed by atoms with Crippen LogP contribution in [0.4, 0.5) is 0 Å². The third-order valence-electron chi connectivity index (χ3n) is 1.31. The van der Waals surface area contributed by atoms with Crippen LogP contribution in [0.1, 0.15) is 20.8 Å².